The lowest BCUT2D eigenvalue weighted by Gasteiger charge is -1.95. The standard InChI is InChI=1S/C6H9BrN2.C2H6/c1-5-4-8-9(2)6(5)3-7;1-2/h4H,3H2,1-2H3;1-2H3. The average molecular weight is 219 g/mol. The Balaban J connectivity index is 0.000000461. The number of hydrogen-bond acceptors (Lipinski definition) is 1. The molecule has 0 amide bonds. The van der Waals surface area contributed by atoms with Crippen molar-refractivity contribution < 1.29 is 0 Å². The molecule has 0 aromatic carbocycles. The van der Waals surface area contributed by atoms with E-state index in [0.717, 1.165) is 5.33 Å². The molecule has 0 aliphatic heterocycles. The summed E-state index contributed by atoms with van der Waals surface area (Å²) in [5.74, 6) is 0. The van der Waals surface area contributed by atoms with Crippen LogP contribution in [0.25, 0.3) is 0 Å². The Morgan fingerprint density at radius 3 is 2.27 bits per heavy atom. The average Bonchev–Trinajstić information content (AvgIpc) is 2.35. The minimum atomic E-state index is 0.884. The molecular weight excluding hydrogens is 204 g/mol. The molecule has 0 radical (unpaired) electrons. The van der Waals surface area contributed by atoms with Crippen LogP contribution in [0.15, 0.2) is 6.20 Å². The van der Waals surface area contributed by atoms with Gasteiger partial charge >= 0.3 is 0 Å². The molecule has 1 heterocycles. The third-order valence-corrected chi connectivity index (χ3v) is 1.93. The van der Waals surface area contributed by atoms with E-state index < -0.39 is 0 Å². The Labute approximate surface area is 76.7 Å². The fourth-order valence-corrected chi connectivity index (χ4v) is 1.57. The maximum absolute atomic E-state index is 4.07. The van der Waals surface area contributed by atoms with E-state index in [4.69, 9.17) is 0 Å². The Bertz CT molecular complexity index is 186. The maximum Gasteiger partial charge on any atom is 0.0522 e. The molecule has 0 spiro atoms. The van der Waals surface area contributed by atoms with Gasteiger partial charge in [0.2, 0.25) is 0 Å². The van der Waals surface area contributed by atoms with Crippen LogP contribution >= 0.6 is 15.9 Å². The van der Waals surface area contributed by atoms with Crippen LogP contribution in [-0.4, -0.2) is 9.78 Å². The first-order valence-electron chi connectivity index (χ1n) is 3.79. The third-order valence-electron chi connectivity index (χ3n) is 1.40. The minimum absolute atomic E-state index is 0.884. The van der Waals surface area contributed by atoms with Crippen molar-refractivity contribution in [2.75, 3.05) is 0 Å². The highest BCUT2D eigenvalue weighted by Gasteiger charge is 1.99. The Morgan fingerprint density at radius 1 is 1.55 bits per heavy atom. The first-order chi connectivity index (χ1) is 5.25. The van der Waals surface area contributed by atoms with Gasteiger partial charge in [-0.25, -0.2) is 0 Å². The molecular formula is C8H15BrN2. The largest absolute Gasteiger partial charge is 0.272 e. The summed E-state index contributed by atoms with van der Waals surface area (Å²) < 4.78 is 1.88. The lowest BCUT2D eigenvalue weighted by Crippen LogP contribution is -1.95. The van der Waals surface area contributed by atoms with Gasteiger partial charge in [0.15, 0.2) is 0 Å². The van der Waals surface area contributed by atoms with Gasteiger partial charge in [0.25, 0.3) is 0 Å². The minimum Gasteiger partial charge on any atom is -0.272 e. The second-order valence-corrected chi connectivity index (χ2v) is 2.59. The van der Waals surface area contributed by atoms with E-state index >= 15 is 0 Å². The monoisotopic (exact) mass is 218 g/mol. The Hall–Kier alpha value is -0.310. The van der Waals surface area contributed by atoms with Gasteiger partial charge in [-0.3, -0.25) is 4.68 Å². The number of aryl methyl sites for hydroxylation is 2. The molecule has 3 heteroatoms. The molecule has 0 bridgehead atoms. The van der Waals surface area contributed by atoms with Crippen LogP contribution in [0.3, 0.4) is 0 Å². The van der Waals surface area contributed by atoms with Gasteiger partial charge in [-0.2, -0.15) is 5.10 Å². The molecule has 0 saturated carbocycles. The van der Waals surface area contributed by atoms with Crippen LogP contribution < -0.4 is 0 Å². The Kier molecular flexibility index (Phi) is 5.20. The van der Waals surface area contributed by atoms with Crippen LogP contribution in [0.5, 0.6) is 0 Å². The van der Waals surface area contributed by atoms with E-state index in [1.165, 1.54) is 11.3 Å². The van der Waals surface area contributed by atoms with Gasteiger partial charge in [-0.15, -0.1) is 0 Å². The van der Waals surface area contributed by atoms with Crippen molar-refractivity contribution in [1.29, 1.82) is 0 Å². The SMILES string of the molecule is CC.Cc1cnn(C)c1CBr. The van der Waals surface area contributed by atoms with Gasteiger partial charge in [-0.05, 0) is 12.5 Å². The number of alkyl halides is 1. The molecule has 64 valence electrons. The predicted molar refractivity (Wildman–Crippen MR) is 51.9 cm³/mol. The van der Waals surface area contributed by atoms with Gasteiger partial charge in [0.1, 0.15) is 0 Å². The molecule has 1 aromatic rings. The van der Waals surface area contributed by atoms with Crippen molar-refractivity contribution in [2.24, 2.45) is 7.05 Å². The molecule has 0 saturated heterocycles. The van der Waals surface area contributed by atoms with E-state index in [1.807, 2.05) is 31.8 Å². The van der Waals surface area contributed by atoms with Crippen molar-refractivity contribution in [3.05, 3.63) is 17.5 Å². The highest BCUT2D eigenvalue weighted by atomic mass is 79.9. The molecule has 1 aromatic heterocycles. The summed E-state index contributed by atoms with van der Waals surface area (Å²) in [7, 11) is 1.95. The zero-order valence-corrected chi connectivity index (χ0v) is 9.14. The number of hydrogen-bond donors (Lipinski definition) is 0. The van der Waals surface area contributed by atoms with Crippen molar-refractivity contribution in [2.45, 2.75) is 26.1 Å². The quantitative estimate of drug-likeness (QED) is 0.664. The van der Waals surface area contributed by atoms with Crippen LogP contribution in [0.4, 0.5) is 0 Å². The summed E-state index contributed by atoms with van der Waals surface area (Å²) in [4.78, 5) is 0. The zero-order valence-electron chi connectivity index (χ0n) is 7.56. The predicted octanol–water partition coefficient (Wildman–Crippen LogP) is 2.65. The van der Waals surface area contributed by atoms with Crippen molar-refractivity contribution in [1.82, 2.24) is 9.78 Å². The molecule has 0 N–H and O–H groups in total. The van der Waals surface area contributed by atoms with Gasteiger partial charge in [0.05, 0.1) is 11.9 Å². The zero-order chi connectivity index (χ0) is 8.85. The van der Waals surface area contributed by atoms with E-state index in [-0.39, 0.29) is 0 Å². The number of aromatic nitrogens is 2. The first kappa shape index (κ1) is 10.7. The first-order valence-corrected chi connectivity index (χ1v) is 4.91. The molecule has 11 heavy (non-hydrogen) atoms. The summed E-state index contributed by atoms with van der Waals surface area (Å²) in [5.41, 5.74) is 2.49. The summed E-state index contributed by atoms with van der Waals surface area (Å²) in [6.45, 7) is 6.06. The fourth-order valence-electron chi connectivity index (χ4n) is 0.765. The van der Waals surface area contributed by atoms with E-state index in [1.54, 1.807) is 0 Å². The summed E-state index contributed by atoms with van der Waals surface area (Å²) in [6.07, 6.45) is 1.87. The highest BCUT2D eigenvalue weighted by molar-refractivity contribution is 9.08. The second-order valence-electron chi connectivity index (χ2n) is 2.03. The van der Waals surface area contributed by atoms with Crippen LogP contribution in [-0.2, 0) is 12.4 Å². The second kappa shape index (κ2) is 5.35. The molecule has 0 fully saturated rings. The van der Waals surface area contributed by atoms with Crippen molar-refractivity contribution in [3.63, 3.8) is 0 Å². The summed E-state index contributed by atoms with van der Waals surface area (Å²) in [6, 6.07) is 0. The van der Waals surface area contributed by atoms with E-state index in [9.17, 15) is 0 Å². The molecule has 0 unspecified atom stereocenters. The Morgan fingerprint density at radius 2 is 2.09 bits per heavy atom. The van der Waals surface area contributed by atoms with Crippen LogP contribution in [0.1, 0.15) is 25.1 Å². The molecule has 0 atom stereocenters. The topological polar surface area (TPSA) is 17.8 Å². The van der Waals surface area contributed by atoms with Crippen LogP contribution in [0.2, 0.25) is 0 Å². The fraction of sp³-hybridized carbons (Fsp3) is 0.625. The van der Waals surface area contributed by atoms with Gasteiger partial charge in [0, 0.05) is 12.4 Å². The lowest BCUT2D eigenvalue weighted by atomic mass is 10.3. The maximum atomic E-state index is 4.07. The van der Waals surface area contributed by atoms with Crippen molar-refractivity contribution >= 4 is 15.9 Å². The summed E-state index contributed by atoms with van der Waals surface area (Å²) >= 11 is 3.38. The number of nitrogens with zero attached hydrogens (tertiary/aromatic N) is 2. The van der Waals surface area contributed by atoms with Crippen LogP contribution in [0, 0.1) is 6.92 Å². The molecule has 2 nitrogen and oxygen atoms in total. The summed E-state index contributed by atoms with van der Waals surface area (Å²) in [5, 5.41) is 4.96. The van der Waals surface area contributed by atoms with E-state index in [0.29, 0.717) is 0 Å². The third kappa shape index (κ3) is 2.66. The van der Waals surface area contributed by atoms with Crippen molar-refractivity contribution in [3.8, 4) is 0 Å². The normalized spacial score (nSPS) is 8.82. The van der Waals surface area contributed by atoms with Gasteiger partial charge < -0.3 is 0 Å². The molecule has 1 rings (SSSR count). The lowest BCUT2D eigenvalue weighted by molar-refractivity contribution is 0.736. The number of rotatable bonds is 1. The van der Waals surface area contributed by atoms with Gasteiger partial charge in [-0.1, -0.05) is 29.8 Å². The molecule has 0 aliphatic rings. The molecule has 0 aliphatic carbocycles. The van der Waals surface area contributed by atoms with E-state index in [2.05, 4.69) is 28.0 Å². The number of halogens is 1. The highest BCUT2D eigenvalue weighted by Crippen LogP contribution is 2.08. The smallest absolute Gasteiger partial charge is 0.0522 e.